The average Bonchev–Trinajstić information content (AvgIpc) is 3.45. The highest BCUT2D eigenvalue weighted by atomic mass is 19.1. The van der Waals surface area contributed by atoms with Gasteiger partial charge >= 0.3 is 0 Å². The van der Waals surface area contributed by atoms with Gasteiger partial charge in [-0.1, -0.05) is 12.1 Å². The molecule has 0 spiro atoms. The van der Waals surface area contributed by atoms with Crippen molar-refractivity contribution >= 4 is 5.91 Å². The van der Waals surface area contributed by atoms with E-state index < -0.39 is 5.66 Å². The van der Waals surface area contributed by atoms with Gasteiger partial charge in [-0.2, -0.15) is 10.2 Å². The molecule has 0 aromatic heterocycles. The van der Waals surface area contributed by atoms with E-state index in [0.29, 0.717) is 19.3 Å². The Bertz CT molecular complexity index is 650. The van der Waals surface area contributed by atoms with Crippen LogP contribution in [0, 0.1) is 18.2 Å². The van der Waals surface area contributed by atoms with Crippen molar-refractivity contribution in [1.29, 1.82) is 0 Å². The minimum absolute atomic E-state index is 0.0296. The molecular weight excluding hydrogens is 293 g/mol. The predicted octanol–water partition coefficient (Wildman–Crippen LogP) is 3.37. The number of terminal acetylenes is 1. The molecule has 0 bridgehead atoms. The number of halogens is 1. The molecule has 120 valence electrons. The molecule has 23 heavy (non-hydrogen) atoms. The van der Waals surface area contributed by atoms with Crippen molar-refractivity contribution < 1.29 is 9.18 Å². The monoisotopic (exact) mass is 313 g/mol. The van der Waals surface area contributed by atoms with Crippen molar-refractivity contribution in [2.75, 3.05) is 0 Å². The zero-order valence-corrected chi connectivity index (χ0v) is 13.0. The lowest BCUT2D eigenvalue weighted by molar-refractivity contribution is -0.122. The van der Waals surface area contributed by atoms with Gasteiger partial charge in [-0.25, -0.2) is 4.39 Å². The second-order valence-electron chi connectivity index (χ2n) is 6.52. The summed E-state index contributed by atoms with van der Waals surface area (Å²) in [6.45, 7) is 0. The lowest BCUT2D eigenvalue weighted by Gasteiger charge is -2.18. The Morgan fingerprint density at radius 3 is 2.52 bits per heavy atom. The number of hydrogen-bond acceptors (Lipinski definition) is 3. The maximum atomic E-state index is 13.0. The Morgan fingerprint density at radius 1 is 1.26 bits per heavy atom. The molecule has 5 heteroatoms. The summed E-state index contributed by atoms with van der Waals surface area (Å²) in [7, 11) is 0. The highest BCUT2D eigenvalue weighted by Crippen LogP contribution is 2.40. The third kappa shape index (κ3) is 4.16. The summed E-state index contributed by atoms with van der Waals surface area (Å²) in [5, 5.41) is 11.2. The van der Waals surface area contributed by atoms with Crippen LogP contribution in [-0.4, -0.2) is 17.1 Å². The molecule has 1 fully saturated rings. The Hall–Kier alpha value is -2.22. The first-order valence-electron chi connectivity index (χ1n) is 7.98. The molecule has 3 rings (SSSR count). The maximum absolute atomic E-state index is 13.0. The van der Waals surface area contributed by atoms with Crippen molar-refractivity contribution in [2.24, 2.45) is 10.2 Å². The van der Waals surface area contributed by atoms with Gasteiger partial charge in [-0.3, -0.25) is 4.79 Å². The quantitative estimate of drug-likeness (QED) is 0.735. The number of rotatable bonds is 8. The smallest absolute Gasteiger partial charge is 0.220 e. The number of carbonyl (C=O) groups is 1. The molecule has 2 aliphatic rings. The largest absolute Gasteiger partial charge is 0.350 e. The number of hydrogen-bond donors (Lipinski definition) is 1. The molecule has 0 saturated heterocycles. The van der Waals surface area contributed by atoms with Gasteiger partial charge in [0.15, 0.2) is 5.66 Å². The first-order valence-corrected chi connectivity index (χ1v) is 7.98. The molecule has 1 aromatic carbocycles. The Kier molecular flexibility index (Phi) is 4.16. The molecule has 4 nitrogen and oxygen atoms in total. The second-order valence-corrected chi connectivity index (χ2v) is 6.52. The van der Waals surface area contributed by atoms with Gasteiger partial charge in [-0.05, 0) is 37.0 Å². The number of nitrogens with zero attached hydrogens (tertiary/aromatic N) is 2. The van der Waals surface area contributed by atoms with Gasteiger partial charge in [0.1, 0.15) is 5.82 Å². The molecule has 1 aromatic rings. The summed E-state index contributed by atoms with van der Waals surface area (Å²) >= 11 is 0. The normalized spacial score (nSPS) is 19.0. The van der Waals surface area contributed by atoms with Gasteiger partial charge in [-0.15, -0.1) is 12.3 Å². The van der Waals surface area contributed by atoms with Crippen molar-refractivity contribution in [3.8, 4) is 12.3 Å². The number of nitrogens with one attached hydrogen (secondary N) is 1. The van der Waals surface area contributed by atoms with Crippen LogP contribution in [-0.2, 0) is 11.2 Å². The van der Waals surface area contributed by atoms with Crippen molar-refractivity contribution in [1.82, 2.24) is 5.32 Å². The molecule has 0 atom stereocenters. The topological polar surface area (TPSA) is 53.8 Å². The van der Waals surface area contributed by atoms with Crippen LogP contribution in [0.25, 0.3) is 0 Å². The molecule has 1 saturated carbocycles. The van der Waals surface area contributed by atoms with Gasteiger partial charge < -0.3 is 5.32 Å². The summed E-state index contributed by atoms with van der Waals surface area (Å²) in [5.74, 6) is 2.37. The lowest BCUT2D eigenvalue weighted by atomic mass is 10.0. The highest BCUT2D eigenvalue weighted by Gasteiger charge is 2.45. The van der Waals surface area contributed by atoms with Gasteiger partial charge in [0, 0.05) is 31.2 Å². The van der Waals surface area contributed by atoms with Crippen LogP contribution >= 0.6 is 0 Å². The Labute approximate surface area is 135 Å². The molecule has 1 N–H and O–H groups in total. The third-order valence-corrected chi connectivity index (χ3v) is 4.52. The SMILES string of the molecule is C#CCCC1(CCC(=O)NC2(Cc3ccc(F)cc3)CC2)N=N1. The van der Waals surface area contributed by atoms with E-state index in [4.69, 9.17) is 6.42 Å². The van der Waals surface area contributed by atoms with Gasteiger partial charge in [0.25, 0.3) is 0 Å². The fraction of sp³-hybridized carbons (Fsp3) is 0.500. The van der Waals surface area contributed by atoms with E-state index in [1.165, 1.54) is 12.1 Å². The number of amides is 1. The third-order valence-electron chi connectivity index (χ3n) is 4.52. The molecule has 1 aliphatic carbocycles. The second kappa shape index (κ2) is 6.11. The predicted molar refractivity (Wildman–Crippen MR) is 85.1 cm³/mol. The van der Waals surface area contributed by atoms with Crippen molar-refractivity contribution in [3.63, 3.8) is 0 Å². The van der Waals surface area contributed by atoms with Crippen LogP contribution in [0.1, 0.15) is 44.1 Å². The molecule has 1 heterocycles. The summed E-state index contributed by atoms with van der Waals surface area (Å²) in [6, 6.07) is 6.47. The summed E-state index contributed by atoms with van der Waals surface area (Å²) in [6.07, 6.45) is 10.3. The van der Waals surface area contributed by atoms with Gasteiger partial charge in [0.2, 0.25) is 5.91 Å². The Balaban J connectivity index is 1.46. The average molecular weight is 313 g/mol. The molecule has 1 amide bonds. The van der Waals surface area contributed by atoms with Crippen LogP contribution in [0.4, 0.5) is 4.39 Å². The highest BCUT2D eigenvalue weighted by molar-refractivity contribution is 5.77. The minimum Gasteiger partial charge on any atom is -0.350 e. The van der Waals surface area contributed by atoms with E-state index in [9.17, 15) is 9.18 Å². The number of carbonyl (C=O) groups excluding carboxylic acids is 1. The van der Waals surface area contributed by atoms with Crippen molar-refractivity contribution in [2.45, 2.75) is 56.1 Å². The van der Waals surface area contributed by atoms with E-state index in [2.05, 4.69) is 21.5 Å². The van der Waals surface area contributed by atoms with Crippen LogP contribution in [0.3, 0.4) is 0 Å². The maximum Gasteiger partial charge on any atom is 0.220 e. The van der Waals surface area contributed by atoms with Crippen LogP contribution in [0.2, 0.25) is 0 Å². The fourth-order valence-electron chi connectivity index (χ4n) is 2.83. The standard InChI is InChI=1S/C18H20FN3O/c1-2-3-9-18(21-22-18)10-8-16(23)20-17(11-12-17)13-14-4-6-15(19)7-5-14/h1,4-7H,3,8-13H2,(H,20,23). The lowest BCUT2D eigenvalue weighted by Crippen LogP contribution is -2.38. The molecular formula is C18H20FN3O. The van der Waals surface area contributed by atoms with E-state index in [-0.39, 0.29) is 17.3 Å². The zero-order valence-electron chi connectivity index (χ0n) is 13.0. The molecule has 0 radical (unpaired) electrons. The van der Waals surface area contributed by atoms with Gasteiger partial charge in [0.05, 0.1) is 0 Å². The first kappa shape index (κ1) is 15.7. The summed E-state index contributed by atoms with van der Waals surface area (Å²) in [5.41, 5.74) is 0.484. The molecule has 1 aliphatic heterocycles. The Morgan fingerprint density at radius 2 is 1.96 bits per heavy atom. The van der Waals surface area contributed by atoms with E-state index >= 15 is 0 Å². The molecule has 0 unspecified atom stereocenters. The summed E-state index contributed by atoms with van der Waals surface area (Å²) < 4.78 is 13.0. The fourth-order valence-corrected chi connectivity index (χ4v) is 2.83. The minimum atomic E-state index is -0.405. The van der Waals surface area contributed by atoms with Crippen LogP contribution < -0.4 is 5.32 Å². The number of benzene rings is 1. The zero-order chi connectivity index (χ0) is 16.3. The van der Waals surface area contributed by atoms with E-state index in [0.717, 1.165) is 31.2 Å². The van der Waals surface area contributed by atoms with Crippen LogP contribution in [0.5, 0.6) is 0 Å². The van der Waals surface area contributed by atoms with Crippen LogP contribution in [0.15, 0.2) is 34.5 Å². The van der Waals surface area contributed by atoms with E-state index in [1.807, 2.05) is 0 Å². The van der Waals surface area contributed by atoms with E-state index in [1.54, 1.807) is 12.1 Å². The first-order chi connectivity index (χ1) is 11.0. The van der Waals surface area contributed by atoms with Crippen molar-refractivity contribution in [3.05, 3.63) is 35.6 Å². The summed E-state index contributed by atoms with van der Waals surface area (Å²) in [4.78, 5) is 12.2.